The molecule has 1 heterocycles. The molecule has 1 aromatic heterocycles. The lowest BCUT2D eigenvalue weighted by Crippen LogP contribution is -2.04. The van der Waals surface area contributed by atoms with E-state index in [9.17, 15) is 4.79 Å². The van der Waals surface area contributed by atoms with Crippen LogP contribution in [0.2, 0.25) is 0 Å². The SMILES string of the molecule is CCCCc1ccc(C(=O)c2cnccc2C)cc1. The highest BCUT2D eigenvalue weighted by Crippen LogP contribution is 2.14. The molecule has 0 spiro atoms. The van der Waals surface area contributed by atoms with Crippen LogP contribution in [0.1, 0.15) is 46.8 Å². The van der Waals surface area contributed by atoms with Crippen LogP contribution in [0, 0.1) is 6.92 Å². The van der Waals surface area contributed by atoms with Crippen molar-refractivity contribution in [3.05, 3.63) is 65.0 Å². The van der Waals surface area contributed by atoms with Crippen molar-refractivity contribution in [2.75, 3.05) is 0 Å². The molecule has 0 fully saturated rings. The summed E-state index contributed by atoms with van der Waals surface area (Å²) in [5, 5.41) is 0. The minimum atomic E-state index is 0.0487. The molecule has 0 aliphatic carbocycles. The molecule has 2 heteroatoms. The topological polar surface area (TPSA) is 30.0 Å². The molecule has 2 nitrogen and oxygen atoms in total. The summed E-state index contributed by atoms with van der Waals surface area (Å²) in [7, 11) is 0. The van der Waals surface area contributed by atoms with Gasteiger partial charge in [0.05, 0.1) is 0 Å². The van der Waals surface area contributed by atoms with E-state index in [4.69, 9.17) is 0 Å². The van der Waals surface area contributed by atoms with E-state index in [1.54, 1.807) is 12.4 Å². The Labute approximate surface area is 114 Å². The minimum absolute atomic E-state index is 0.0487. The summed E-state index contributed by atoms with van der Waals surface area (Å²) in [5.74, 6) is 0.0487. The zero-order valence-electron chi connectivity index (χ0n) is 11.5. The summed E-state index contributed by atoms with van der Waals surface area (Å²) in [4.78, 5) is 16.4. The first-order valence-corrected chi connectivity index (χ1v) is 6.76. The third-order valence-corrected chi connectivity index (χ3v) is 3.32. The van der Waals surface area contributed by atoms with Crippen LogP contribution < -0.4 is 0 Å². The molecule has 98 valence electrons. The summed E-state index contributed by atoms with van der Waals surface area (Å²) in [6.07, 6.45) is 6.81. The van der Waals surface area contributed by atoms with E-state index in [2.05, 4.69) is 24.0 Å². The largest absolute Gasteiger partial charge is 0.289 e. The van der Waals surface area contributed by atoms with Gasteiger partial charge in [0.25, 0.3) is 0 Å². The molecule has 2 aromatic rings. The normalized spacial score (nSPS) is 10.4. The van der Waals surface area contributed by atoms with Gasteiger partial charge < -0.3 is 0 Å². The number of aryl methyl sites for hydroxylation is 2. The van der Waals surface area contributed by atoms with E-state index in [0.29, 0.717) is 5.56 Å². The average molecular weight is 253 g/mol. The number of hydrogen-bond donors (Lipinski definition) is 0. The van der Waals surface area contributed by atoms with Gasteiger partial charge >= 0.3 is 0 Å². The van der Waals surface area contributed by atoms with Crippen LogP contribution in [0.3, 0.4) is 0 Å². The molecule has 0 radical (unpaired) electrons. The van der Waals surface area contributed by atoms with Crippen molar-refractivity contribution >= 4 is 5.78 Å². The lowest BCUT2D eigenvalue weighted by molar-refractivity contribution is 0.103. The molecule has 0 amide bonds. The Bertz CT molecular complexity index is 558. The molecule has 0 atom stereocenters. The zero-order chi connectivity index (χ0) is 13.7. The monoisotopic (exact) mass is 253 g/mol. The number of benzene rings is 1. The van der Waals surface area contributed by atoms with Gasteiger partial charge in [-0.15, -0.1) is 0 Å². The molecule has 2 rings (SSSR count). The van der Waals surface area contributed by atoms with Crippen molar-refractivity contribution < 1.29 is 4.79 Å². The highest BCUT2D eigenvalue weighted by molar-refractivity contribution is 6.09. The molecule has 0 N–H and O–H groups in total. The van der Waals surface area contributed by atoms with Crippen LogP contribution in [0.4, 0.5) is 0 Å². The van der Waals surface area contributed by atoms with Gasteiger partial charge in [0, 0.05) is 23.5 Å². The Hall–Kier alpha value is -1.96. The molecule has 1 aromatic carbocycles. The second-order valence-electron chi connectivity index (χ2n) is 4.82. The lowest BCUT2D eigenvalue weighted by atomic mass is 9.99. The van der Waals surface area contributed by atoms with Crippen molar-refractivity contribution in [3.8, 4) is 0 Å². The summed E-state index contributed by atoms with van der Waals surface area (Å²) in [6, 6.07) is 9.80. The number of hydrogen-bond acceptors (Lipinski definition) is 2. The smallest absolute Gasteiger partial charge is 0.194 e. The highest BCUT2D eigenvalue weighted by Gasteiger charge is 2.11. The lowest BCUT2D eigenvalue weighted by Gasteiger charge is -2.05. The van der Waals surface area contributed by atoms with Crippen LogP contribution >= 0.6 is 0 Å². The number of carbonyl (C=O) groups is 1. The van der Waals surface area contributed by atoms with E-state index in [1.807, 2.05) is 25.1 Å². The Kier molecular flexibility index (Phi) is 4.45. The van der Waals surface area contributed by atoms with E-state index < -0.39 is 0 Å². The summed E-state index contributed by atoms with van der Waals surface area (Å²) in [6.45, 7) is 4.12. The number of pyridine rings is 1. The molecule has 0 unspecified atom stereocenters. The Balaban J connectivity index is 2.18. The first-order chi connectivity index (χ1) is 9.22. The molecule has 0 saturated carbocycles. The predicted octanol–water partition coefficient (Wildman–Crippen LogP) is 3.96. The van der Waals surface area contributed by atoms with Crippen molar-refractivity contribution in [3.63, 3.8) is 0 Å². The minimum Gasteiger partial charge on any atom is -0.289 e. The molecule has 0 aliphatic heterocycles. The molecule has 0 aliphatic rings. The second kappa shape index (κ2) is 6.28. The highest BCUT2D eigenvalue weighted by atomic mass is 16.1. The summed E-state index contributed by atoms with van der Waals surface area (Å²) in [5.41, 5.74) is 3.68. The number of ketones is 1. The Morgan fingerprint density at radius 3 is 2.53 bits per heavy atom. The average Bonchev–Trinajstić information content (AvgIpc) is 2.45. The van der Waals surface area contributed by atoms with E-state index >= 15 is 0 Å². The Morgan fingerprint density at radius 2 is 1.89 bits per heavy atom. The van der Waals surface area contributed by atoms with Gasteiger partial charge in [-0.3, -0.25) is 9.78 Å². The molecule has 19 heavy (non-hydrogen) atoms. The van der Waals surface area contributed by atoms with E-state index in [0.717, 1.165) is 17.5 Å². The van der Waals surface area contributed by atoms with Gasteiger partial charge in [-0.25, -0.2) is 0 Å². The fourth-order valence-electron chi connectivity index (χ4n) is 2.06. The first kappa shape index (κ1) is 13.5. The predicted molar refractivity (Wildman–Crippen MR) is 77.5 cm³/mol. The maximum absolute atomic E-state index is 12.4. The number of rotatable bonds is 5. The number of nitrogens with zero attached hydrogens (tertiary/aromatic N) is 1. The van der Waals surface area contributed by atoms with Gasteiger partial charge in [-0.2, -0.15) is 0 Å². The summed E-state index contributed by atoms with van der Waals surface area (Å²) >= 11 is 0. The Morgan fingerprint density at radius 1 is 1.16 bits per heavy atom. The molecular formula is C17H19NO. The molecule has 0 bridgehead atoms. The van der Waals surface area contributed by atoms with Gasteiger partial charge in [0.15, 0.2) is 5.78 Å². The number of unbranched alkanes of at least 4 members (excludes halogenated alkanes) is 1. The third kappa shape index (κ3) is 3.28. The van der Waals surface area contributed by atoms with Crippen molar-refractivity contribution in [1.82, 2.24) is 4.98 Å². The van der Waals surface area contributed by atoms with Crippen LogP contribution in [0.15, 0.2) is 42.7 Å². The van der Waals surface area contributed by atoms with Gasteiger partial charge in [0.2, 0.25) is 0 Å². The molecule has 0 saturated heterocycles. The maximum atomic E-state index is 12.4. The fraction of sp³-hybridized carbons (Fsp3) is 0.294. The van der Waals surface area contributed by atoms with Crippen molar-refractivity contribution in [1.29, 1.82) is 0 Å². The van der Waals surface area contributed by atoms with E-state index in [1.165, 1.54) is 18.4 Å². The summed E-state index contributed by atoms with van der Waals surface area (Å²) < 4.78 is 0. The quantitative estimate of drug-likeness (QED) is 0.755. The number of aromatic nitrogens is 1. The first-order valence-electron chi connectivity index (χ1n) is 6.76. The van der Waals surface area contributed by atoms with Gasteiger partial charge in [-0.05, 0) is 37.0 Å². The maximum Gasteiger partial charge on any atom is 0.194 e. The van der Waals surface area contributed by atoms with E-state index in [-0.39, 0.29) is 5.78 Å². The van der Waals surface area contributed by atoms with Crippen LogP contribution in [-0.4, -0.2) is 10.8 Å². The zero-order valence-corrected chi connectivity index (χ0v) is 11.5. The third-order valence-electron chi connectivity index (χ3n) is 3.32. The number of carbonyl (C=O) groups excluding carboxylic acids is 1. The standard InChI is InChI=1S/C17H19NO/c1-3-4-5-14-6-8-15(9-7-14)17(19)16-12-18-11-10-13(16)2/h6-12H,3-5H2,1-2H3. The fourth-order valence-corrected chi connectivity index (χ4v) is 2.06. The van der Waals surface area contributed by atoms with Gasteiger partial charge in [0.1, 0.15) is 0 Å². The van der Waals surface area contributed by atoms with Crippen LogP contribution in [-0.2, 0) is 6.42 Å². The van der Waals surface area contributed by atoms with Crippen LogP contribution in [0.25, 0.3) is 0 Å². The van der Waals surface area contributed by atoms with Crippen LogP contribution in [0.5, 0.6) is 0 Å². The van der Waals surface area contributed by atoms with Crippen molar-refractivity contribution in [2.45, 2.75) is 33.1 Å². The molecular weight excluding hydrogens is 234 g/mol. The van der Waals surface area contributed by atoms with Crippen molar-refractivity contribution in [2.24, 2.45) is 0 Å². The second-order valence-corrected chi connectivity index (χ2v) is 4.82. The van der Waals surface area contributed by atoms with Gasteiger partial charge in [-0.1, -0.05) is 37.6 Å².